The summed E-state index contributed by atoms with van der Waals surface area (Å²) in [5.41, 5.74) is 16.6. The highest BCUT2D eigenvalue weighted by Gasteiger charge is 2.44. The van der Waals surface area contributed by atoms with Gasteiger partial charge in [0.05, 0.1) is 67.1 Å². The van der Waals surface area contributed by atoms with Crippen molar-refractivity contribution in [2.24, 2.45) is 10.7 Å². The van der Waals surface area contributed by atoms with Crippen molar-refractivity contribution in [3.63, 3.8) is 0 Å². The van der Waals surface area contributed by atoms with Crippen LogP contribution in [0.1, 0.15) is 36.4 Å². The van der Waals surface area contributed by atoms with Crippen LogP contribution in [0, 0.1) is 23.7 Å². The highest BCUT2D eigenvalue weighted by Crippen LogP contribution is 2.66. The third-order valence-electron chi connectivity index (χ3n) is 9.22. The molecule has 0 saturated carbocycles. The SMILES string of the molecule is C=CCOC1CC(n2cc(C#CCN)c3c(=O)[nH]c(N)nc32)OC1COP(=O)(O)OP(=O)(O)OP(=O)(O)O.C=CCOC1CC(n2cc(C#CCN=COC(F)(F)F)c3c(=O)[nH]c(N)nc32)OC1CO. The molecule has 2 aliphatic rings. The lowest BCUT2D eigenvalue weighted by molar-refractivity contribution is -0.280. The van der Waals surface area contributed by atoms with Crippen LogP contribution in [0.25, 0.3) is 22.1 Å². The fraction of sp³-hybridized carbons (Fsp3) is 0.417. The Bertz CT molecular complexity index is 2970. The summed E-state index contributed by atoms with van der Waals surface area (Å²) in [4.78, 5) is 77.8. The van der Waals surface area contributed by atoms with E-state index >= 15 is 0 Å². The second-order valence-electron chi connectivity index (χ2n) is 14.1. The number of phosphoric ester groups is 1. The molecule has 34 heteroatoms. The number of H-pyrrole nitrogens is 2. The minimum atomic E-state index is -5.70. The lowest BCUT2D eigenvalue weighted by atomic mass is 10.2. The summed E-state index contributed by atoms with van der Waals surface area (Å²) < 4.78 is 112. The van der Waals surface area contributed by atoms with E-state index in [4.69, 9.17) is 50.5 Å². The van der Waals surface area contributed by atoms with Gasteiger partial charge in [-0.25, -0.2) is 18.7 Å². The van der Waals surface area contributed by atoms with Crippen molar-refractivity contribution in [3.8, 4) is 23.7 Å². The molecule has 4 aromatic rings. The van der Waals surface area contributed by atoms with Crippen molar-refractivity contribution in [1.29, 1.82) is 0 Å². The number of hydrogen-bond acceptors (Lipinski definition) is 20. The average Bonchev–Trinajstić information content (AvgIpc) is 4.03. The van der Waals surface area contributed by atoms with Gasteiger partial charge < -0.3 is 74.7 Å². The third kappa shape index (κ3) is 15.2. The standard InChI is InChI=1S/C19H20F3N5O5.C17H24N5O13P3/c1-2-6-30-12-7-14(32-13(12)9-28)27-8-11(4-3-5-24-10-31-19(20,21)22)15-16(27)25-18(23)26-17(15)29;1-2-6-31-11-7-13(22-8-10(4-3-5-18)14-15(22)20-17(19)21-16(14)23)33-12(11)9-32-37(27,28)35-38(29,30)34-36(24,25)26/h2,8,10,12-14,28H,1,5-7,9H2,(H3,23,25,26,29);2,8,11-13H,1,5-7,9,18H2,(H,27,28)(H,29,30)(H2,24,25,26)(H3,19,20,21,23). The molecule has 0 spiro atoms. The van der Waals surface area contributed by atoms with Crippen LogP contribution in [0.5, 0.6) is 0 Å². The van der Waals surface area contributed by atoms with Gasteiger partial charge in [0.25, 0.3) is 11.1 Å². The van der Waals surface area contributed by atoms with Crippen LogP contribution in [0.4, 0.5) is 25.1 Å². The number of alkyl halides is 3. The molecule has 382 valence electrons. The zero-order valence-corrected chi connectivity index (χ0v) is 38.6. The third-order valence-corrected chi connectivity index (χ3v) is 13.0. The number of aliphatic hydroxyl groups is 1. The average molecular weight is 1050 g/mol. The number of aliphatic imine (C=N–C) groups is 1. The Kier molecular flexibility index (Phi) is 18.7. The maximum absolute atomic E-state index is 12.5. The fourth-order valence-electron chi connectivity index (χ4n) is 6.70. The van der Waals surface area contributed by atoms with Crippen LogP contribution in [-0.2, 0) is 50.5 Å². The van der Waals surface area contributed by atoms with Crippen molar-refractivity contribution in [1.82, 2.24) is 29.1 Å². The van der Waals surface area contributed by atoms with Gasteiger partial charge in [-0.05, 0) is 0 Å². The van der Waals surface area contributed by atoms with Crippen LogP contribution >= 0.6 is 23.5 Å². The molecule has 2 fully saturated rings. The molecule has 4 aromatic heterocycles. The fourth-order valence-corrected chi connectivity index (χ4v) is 9.73. The predicted molar refractivity (Wildman–Crippen MR) is 237 cm³/mol. The van der Waals surface area contributed by atoms with E-state index in [-0.39, 0.29) is 90.8 Å². The number of phosphoric acid groups is 3. The Morgan fingerprint density at radius 2 is 1.34 bits per heavy atom. The van der Waals surface area contributed by atoms with E-state index in [1.54, 1.807) is 10.6 Å². The number of nitrogens with one attached hydrogen (secondary N) is 2. The summed E-state index contributed by atoms with van der Waals surface area (Å²) in [6, 6.07) is 0. The molecule has 6 heterocycles. The number of aromatic amines is 2. The van der Waals surface area contributed by atoms with Crippen LogP contribution in [0.2, 0.25) is 0 Å². The number of ether oxygens (including phenoxy) is 5. The molecule has 0 radical (unpaired) electrons. The Morgan fingerprint density at radius 1 is 0.843 bits per heavy atom. The van der Waals surface area contributed by atoms with Gasteiger partial charge in [-0.2, -0.15) is 18.6 Å². The summed E-state index contributed by atoms with van der Waals surface area (Å²) in [7, 11) is -16.7. The zero-order chi connectivity index (χ0) is 51.6. The number of anilines is 2. The maximum Gasteiger partial charge on any atom is 0.573 e. The van der Waals surface area contributed by atoms with Crippen LogP contribution < -0.4 is 28.3 Å². The van der Waals surface area contributed by atoms with Gasteiger partial charge in [0.1, 0.15) is 31.2 Å². The van der Waals surface area contributed by atoms with E-state index in [0.717, 1.165) is 0 Å². The molecular formula is C36H44F3N10O18P3. The smallest absolute Gasteiger partial charge is 0.395 e. The van der Waals surface area contributed by atoms with Crippen molar-refractivity contribution in [2.45, 2.75) is 56.1 Å². The number of nitrogen functional groups attached to an aromatic ring is 2. The van der Waals surface area contributed by atoms with Crippen molar-refractivity contribution >= 4 is 63.8 Å². The first kappa shape index (κ1) is 55.4. The van der Waals surface area contributed by atoms with Gasteiger partial charge in [-0.3, -0.25) is 24.1 Å². The van der Waals surface area contributed by atoms with Gasteiger partial charge in [0, 0.05) is 25.2 Å². The first-order valence-electron chi connectivity index (χ1n) is 19.7. The number of hydrogen-bond donors (Lipinski definition) is 10. The minimum Gasteiger partial charge on any atom is -0.395 e. The summed E-state index contributed by atoms with van der Waals surface area (Å²) in [5, 5.41) is 9.84. The first-order chi connectivity index (χ1) is 32.9. The Balaban J connectivity index is 0.000000265. The first-order valence-corrected chi connectivity index (χ1v) is 24.3. The molecule has 6 rings (SSSR count). The minimum absolute atomic E-state index is 0.0209. The second-order valence-corrected chi connectivity index (χ2v) is 18.6. The highest BCUT2D eigenvalue weighted by atomic mass is 31.3. The topological polar surface area (TPSA) is 418 Å². The monoisotopic (exact) mass is 1050 g/mol. The molecule has 8 atom stereocenters. The normalized spacial score (nSPS) is 22.1. The molecule has 28 nitrogen and oxygen atoms in total. The molecule has 0 aromatic carbocycles. The predicted octanol–water partition coefficient (Wildman–Crippen LogP) is 0.893. The van der Waals surface area contributed by atoms with Crippen molar-refractivity contribution < 1.29 is 88.4 Å². The van der Waals surface area contributed by atoms with Gasteiger partial charge in [-0.15, -0.1) is 26.3 Å². The van der Waals surface area contributed by atoms with E-state index in [0.29, 0.717) is 6.42 Å². The van der Waals surface area contributed by atoms with E-state index in [2.05, 4.69) is 75.1 Å². The van der Waals surface area contributed by atoms with E-state index in [9.17, 15) is 51.3 Å². The number of halogens is 3. The van der Waals surface area contributed by atoms with Crippen molar-refractivity contribution in [2.75, 3.05) is 51.0 Å². The van der Waals surface area contributed by atoms with E-state index in [1.807, 2.05) is 0 Å². The number of nitrogens with two attached hydrogens (primary N) is 3. The van der Waals surface area contributed by atoms with Crippen LogP contribution in [0.15, 0.2) is 52.3 Å². The summed E-state index contributed by atoms with van der Waals surface area (Å²) in [6.45, 7) is 6.12. The lowest BCUT2D eigenvalue weighted by Crippen LogP contribution is -2.29. The molecule has 0 amide bonds. The number of aromatic nitrogens is 6. The van der Waals surface area contributed by atoms with E-state index in [1.165, 1.54) is 23.0 Å². The number of fused-ring (bicyclic) bond motifs is 2. The number of rotatable bonds is 18. The number of aliphatic hydroxyl groups excluding tert-OH is 1. The van der Waals surface area contributed by atoms with Gasteiger partial charge in [0.2, 0.25) is 11.9 Å². The van der Waals surface area contributed by atoms with Crippen LogP contribution in [-0.4, -0.2) is 130 Å². The van der Waals surface area contributed by atoms with E-state index < -0.39 is 84.4 Å². The molecule has 13 N–H and O–H groups in total. The van der Waals surface area contributed by atoms with Crippen LogP contribution in [0.3, 0.4) is 0 Å². The molecule has 2 saturated heterocycles. The molecular weight excluding hydrogens is 1010 g/mol. The second kappa shape index (κ2) is 23.6. The summed E-state index contributed by atoms with van der Waals surface area (Å²) in [6.07, 6.45) is -2.57. The molecule has 0 aliphatic carbocycles. The largest absolute Gasteiger partial charge is 0.573 e. The Morgan fingerprint density at radius 3 is 1.81 bits per heavy atom. The van der Waals surface area contributed by atoms with Gasteiger partial charge in [-0.1, -0.05) is 35.8 Å². The maximum atomic E-state index is 12.5. The Labute approximate surface area is 391 Å². The molecule has 70 heavy (non-hydrogen) atoms. The number of nitrogens with zero attached hydrogens (tertiary/aromatic N) is 5. The van der Waals surface area contributed by atoms with Gasteiger partial charge >= 0.3 is 29.8 Å². The highest BCUT2D eigenvalue weighted by molar-refractivity contribution is 7.66. The van der Waals surface area contributed by atoms with Crippen molar-refractivity contribution in [3.05, 3.63) is 69.5 Å². The zero-order valence-electron chi connectivity index (χ0n) is 35.9. The van der Waals surface area contributed by atoms with Gasteiger partial charge in [0.15, 0.2) is 17.7 Å². The molecule has 8 unspecified atom stereocenters. The summed E-state index contributed by atoms with van der Waals surface area (Å²) in [5.74, 6) is 10.3. The quantitative estimate of drug-likeness (QED) is 0.0217. The Hall–Kier alpha value is -5.53. The molecule has 0 bridgehead atoms. The molecule has 2 aliphatic heterocycles. The lowest BCUT2D eigenvalue weighted by Gasteiger charge is -2.21. The summed E-state index contributed by atoms with van der Waals surface area (Å²) >= 11 is 0.